The minimum atomic E-state index is -5.22. The van der Waals surface area contributed by atoms with E-state index in [1.165, 1.54) is 6.92 Å². The van der Waals surface area contributed by atoms with E-state index in [1.54, 1.807) is 0 Å². The second-order valence-electron chi connectivity index (χ2n) is 3.57. The number of aliphatic carboxylic acids is 1. The van der Waals surface area contributed by atoms with E-state index in [-0.39, 0.29) is 5.56 Å². The Morgan fingerprint density at radius 2 is 1.88 bits per heavy atom. The molecule has 0 bridgehead atoms. The highest BCUT2D eigenvalue weighted by Crippen LogP contribution is 2.38. The van der Waals surface area contributed by atoms with Crippen molar-refractivity contribution < 1.29 is 27.5 Å². The Morgan fingerprint density at radius 3 is 2.29 bits per heavy atom. The number of carbonyl (C=O) groups is 1. The van der Waals surface area contributed by atoms with Gasteiger partial charge in [-0.1, -0.05) is 6.07 Å². The summed E-state index contributed by atoms with van der Waals surface area (Å²) >= 11 is 0. The molecule has 17 heavy (non-hydrogen) atoms. The molecular weight excluding hydrogens is 242 g/mol. The summed E-state index contributed by atoms with van der Waals surface area (Å²) in [6.07, 6.45) is -5.22. The molecule has 0 saturated heterocycles. The predicted octanol–water partition coefficient (Wildman–Crippen LogP) is 1.94. The predicted molar refractivity (Wildman–Crippen MR) is 50.7 cm³/mol. The Hall–Kier alpha value is -1.63. The first kappa shape index (κ1) is 13.4. The van der Waals surface area contributed by atoms with Crippen molar-refractivity contribution in [2.75, 3.05) is 0 Å². The van der Waals surface area contributed by atoms with Gasteiger partial charge < -0.3 is 10.8 Å². The van der Waals surface area contributed by atoms with Gasteiger partial charge in [0.15, 0.2) is 0 Å². The molecule has 3 N–H and O–H groups in total. The van der Waals surface area contributed by atoms with Gasteiger partial charge in [0.1, 0.15) is 5.82 Å². The van der Waals surface area contributed by atoms with Crippen LogP contribution >= 0.6 is 0 Å². The van der Waals surface area contributed by atoms with Gasteiger partial charge in [-0.15, -0.1) is 0 Å². The molecule has 0 aliphatic carbocycles. The van der Waals surface area contributed by atoms with Gasteiger partial charge in [0.2, 0.25) is 5.54 Å². The molecule has 0 aliphatic rings. The Labute approximate surface area is 93.8 Å². The molecule has 0 aliphatic heterocycles. The Morgan fingerprint density at radius 1 is 1.35 bits per heavy atom. The zero-order valence-electron chi connectivity index (χ0n) is 8.68. The quantitative estimate of drug-likeness (QED) is 0.789. The molecule has 0 fully saturated rings. The van der Waals surface area contributed by atoms with E-state index >= 15 is 0 Å². The fourth-order valence-electron chi connectivity index (χ4n) is 1.41. The van der Waals surface area contributed by atoms with Crippen molar-refractivity contribution in [1.29, 1.82) is 0 Å². The SMILES string of the molecule is Cc1ccc(F)cc1C(N)(C(=O)O)C(F)(F)F. The summed E-state index contributed by atoms with van der Waals surface area (Å²) in [6, 6.07) is 2.45. The minimum Gasteiger partial charge on any atom is -0.479 e. The van der Waals surface area contributed by atoms with Crippen LogP contribution in [0.3, 0.4) is 0 Å². The highest BCUT2D eigenvalue weighted by molar-refractivity contribution is 5.82. The van der Waals surface area contributed by atoms with Gasteiger partial charge in [-0.2, -0.15) is 13.2 Å². The normalized spacial score (nSPS) is 15.4. The Kier molecular flexibility index (Phi) is 3.15. The number of carboxylic acids is 1. The van der Waals surface area contributed by atoms with Crippen LogP contribution in [0.5, 0.6) is 0 Å². The number of hydrogen-bond donors (Lipinski definition) is 2. The first-order chi connectivity index (χ1) is 7.60. The van der Waals surface area contributed by atoms with E-state index in [0.29, 0.717) is 6.07 Å². The van der Waals surface area contributed by atoms with Crippen LogP contribution in [0.15, 0.2) is 18.2 Å². The number of carboxylic acid groups (broad SMARTS) is 1. The third kappa shape index (κ3) is 2.10. The maximum atomic E-state index is 12.9. The van der Waals surface area contributed by atoms with Crippen LogP contribution in [0.2, 0.25) is 0 Å². The van der Waals surface area contributed by atoms with Crippen molar-refractivity contribution in [3.05, 3.63) is 35.1 Å². The smallest absolute Gasteiger partial charge is 0.421 e. The number of rotatable bonds is 2. The van der Waals surface area contributed by atoms with E-state index in [1.807, 2.05) is 0 Å². The summed E-state index contributed by atoms with van der Waals surface area (Å²) in [5, 5.41) is 8.67. The molecular formula is C10H9F4NO2. The number of hydrogen-bond acceptors (Lipinski definition) is 2. The van der Waals surface area contributed by atoms with Gasteiger partial charge in [-0.25, -0.2) is 9.18 Å². The second-order valence-corrected chi connectivity index (χ2v) is 3.57. The zero-order valence-corrected chi connectivity index (χ0v) is 8.68. The molecule has 0 amide bonds. The molecule has 0 spiro atoms. The number of alkyl halides is 3. The summed E-state index contributed by atoms with van der Waals surface area (Å²) < 4.78 is 51.1. The lowest BCUT2D eigenvalue weighted by Crippen LogP contribution is -2.57. The van der Waals surface area contributed by atoms with Crippen molar-refractivity contribution in [1.82, 2.24) is 0 Å². The van der Waals surface area contributed by atoms with Crippen molar-refractivity contribution in [3.8, 4) is 0 Å². The molecule has 0 radical (unpaired) electrons. The molecule has 7 heteroatoms. The summed E-state index contributed by atoms with van der Waals surface area (Å²) in [5.74, 6) is -3.26. The van der Waals surface area contributed by atoms with Gasteiger partial charge in [0.25, 0.3) is 0 Å². The standard InChI is InChI=1S/C10H9F4NO2/c1-5-2-3-6(11)4-7(5)9(15,8(16)17)10(12,13)14/h2-4H,15H2,1H3,(H,16,17). The monoisotopic (exact) mass is 251 g/mol. The third-order valence-corrected chi connectivity index (χ3v) is 2.41. The average molecular weight is 251 g/mol. The largest absolute Gasteiger partial charge is 0.479 e. The van der Waals surface area contributed by atoms with Crippen molar-refractivity contribution in [2.45, 2.75) is 18.6 Å². The molecule has 1 unspecified atom stereocenters. The van der Waals surface area contributed by atoms with E-state index in [2.05, 4.69) is 0 Å². The summed E-state index contributed by atoms with van der Waals surface area (Å²) in [6.45, 7) is 1.23. The van der Waals surface area contributed by atoms with Crippen molar-refractivity contribution in [3.63, 3.8) is 0 Å². The second kappa shape index (κ2) is 3.99. The van der Waals surface area contributed by atoms with Crippen LogP contribution in [-0.4, -0.2) is 17.3 Å². The molecule has 1 aromatic rings. The number of halogens is 4. The van der Waals surface area contributed by atoms with Crippen molar-refractivity contribution >= 4 is 5.97 Å². The highest BCUT2D eigenvalue weighted by atomic mass is 19.4. The van der Waals surface area contributed by atoms with Crippen molar-refractivity contribution in [2.24, 2.45) is 5.73 Å². The van der Waals surface area contributed by atoms with E-state index < -0.39 is 29.1 Å². The average Bonchev–Trinajstić information content (AvgIpc) is 2.18. The highest BCUT2D eigenvalue weighted by Gasteiger charge is 2.60. The molecule has 1 rings (SSSR count). The lowest BCUT2D eigenvalue weighted by atomic mass is 9.87. The molecule has 1 aromatic carbocycles. The maximum Gasteiger partial charge on any atom is 0.421 e. The first-order valence-electron chi connectivity index (χ1n) is 4.46. The number of aryl methyl sites for hydroxylation is 1. The Bertz CT molecular complexity index is 458. The van der Waals surface area contributed by atoms with Crippen LogP contribution in [-0.2, 0) is 10.3 Å². The summed E-state index contributed by atoms with van der Waals surface area (Å²) in [7, 11) is 0. The summed E-state index contributed by atoms with van der Waals surface area (Å²) in [4.78, 5) is 10.8. The van der Waals surface area contributed by atoms with E-state index in [9.17, 15) is 22.4 Å². The van der Waals surface area contributed by atoms with Crippen LogP contribution in [0, 0.1) is 12.7 Å². The maximum absolute atomic E-state index is 12.9. The van der Waals surface area contributed by atoms with Crippen LogP contribution in [0.25, 0.3) is 0 Å². The number of benzene rings is 1. The first-order valence-corrected chi connectivity index (χ1v) is 4.46. The van der Waals surface area contributed by atoms with Gasteiger partial charge >= 0.3 is 12.1 Å². The van der Waals surface area contributed by atoms with Gasteiger partial charge in [0, 0.05) is 0 Å². The summed E-state index contributed by atoms with van der Waals surface area (Å²) in [5.41, 5.74) is 0.450. The lowest BCUT2D eigenvalue weighted by molar-refractivity contribution is -0.204. The van der Waals surface area contributed by atoms with Crippen LogP contribution < -0.4 is 5.73 Å². The van der Waals surface area contributed by atoms with Gasteiger partial charge in [-0.05, 0) is 30.2 Å². The lowest BCUT2D eigenvalue weighted by Gasteiger charge is -2.29. The molecule has 0 aromatic heterocycles. The molecule has 1 atom stereocenters. The topological polar surface area (TPSA) is 63.3 Å². The third-order valence-electron chi connectivity index (χ3n) is 2.41. The molecule has 0 saturated carbocycles. The minimum absolute atomic E-state index is 0.0476. The fourth-order valence-corrected chi connectivity index (χ4v) is 1.41. The fraction of sp³-hybridized carbons (Fsp3) is 0.300. The van der Waals surface area contributed by atoms with Crippen LogP contribution in [0.1, 0.15) is 11.1 Å². The molecule has 0 heterocycles. The molecule has 94 valence electrons. The molecule has 3 nitrogen and oxygen atoms in total. The van der Waals surface area contributed by atoms with Crippen LogP contribution in [0.4, 0.5) is 17.6 Å². The van der Waals surface area contributed by atoms with Gasteiger partial charge in [-0.3, -0.25) is 0 Å². The van der Waals surface area contributed by atoms with E-state index in [0.717, 1.165) is 12.1 Å². The van der Waals surface area contributed by atoms with E-state index in [4.69, 9.17) is 10.8 Å². The Balaban J connectivity index is 3.54. The zero-order chi connectivity index (χ0) is 13.4. The van der Waals surface area contributed by atoms with Gasteiger partial charge in [0.05, 0.1) is 0 Å². The number of nitrogens with two attached hydrogens (primary N) is 1.